The van der Waals surface area contributed by atoms with Gasteiger partial charge in [0.05, 0.1) is 5.56 Å². The van der Waals surface area contributed by atoms with Gasteiger partial charge in [0.15, 0.2) is 17.5 Å². The van der Waals surface area contributed by atoms with Crippen LogP contribution in [0.3, 0.4) is 0 Å². The largest absolute Gasteiger partial charge is 0.455 e. The Morgan fingerprint density at radius 2 is 0.843 bits per heavy atom. The number of hydrogen-bond donors (Lipinski definition) is 0. The Balaban J connectivity index is 1.17. The first-order chi connectivity index (χ1) is 25.2. The Bertz CT molecular complexity index is 2900. The quantitative estimate of drug-likeness (QED) is 0.186. The van der Waals surface area contributed by atoms with E-state index in [9.17, 15) is 0 Å². The van der Waals surface area contributed by atoms with Crippen LogP contribution in [-0.2, 0) is 0 Å². The summed E-state index contributed by atoms with van der Waals surface area (Å²) in [5, 5.41) is 6.85. The van der Waals surface area contributed by atoms with Gasteiger partial charge < -0.3 is 4.42 Å². The molecule has 0 aliphatic rings. The topological polar surface area (TPSA) is 51.8 Å². The molecule has 0 spiro atoms. The van der Waals surface area contributed by atoms with Crippen LogP contribution in [0.5, 0.6) is 0 Å². The first-order valence-corrected chi connectivity index (χ1v) is 17.1. The number of hydrogen-bond acceptors (Lipinski definition) is 4. The van der Waals surface area contributed by atoms with Crippen LogP contribution >= 0.6 is 0 Å². The van der Waals surface area contributed by atoms with Gasteiger partial charge in [0, 0.05) is 21.9 Å². The first kappa shape index (κ1) is 29.0. The third kappa shape index (κ3) is 5.13. The summed E-state index contributed by atoms with van der Waals surface area (Å²) < 4.78 is 6.79. The van der Waals surface area contributed by atoms with Crippen LogP contribution in [0.1, 0.15) is 0 Å². The van der Waals surface area contributed by atoms with E-state index in [-0.39, 0.29) is 0 Å². The molecule has 0 radical (unpaired) electrons. The molecule has 0 aliphatic carbocycles. The van der Waals surface area contributed by atoms with Crippen molar-refractivity contribution in [2.45, 2.75) is 0 Å². The Morgan fingerprint density at radius 1 is 0.333 bits per heavy atom. The van der Waals surface area contributed by atoms with Crippen molar-refractivity contribution >= 4 is 43.5 Å². The summed E-state index contributed by atoms with van der Waals surface area (Å²) in [4.78, 5) is 15.2. The summed E-state index contributed by atoms with van der Waals surface area (Å²) in [6.45, 7) is 0. The highest BCUT2D eigenvalue weighted by molar-refractivity contribution is 6.18. The fraction of sp³-hybridized carbons (Fsp3) is 0. The van der Waals surface area contributed by atoms with Gasteiger partial charge in [-0.2, -0.15) is 0 Å². The van der Waals surface area contributed by atoms with Crippen LogP contribution in [0.25, 0.3) is 99.9 Å². The molecule has 0 unspecified atom stereocenters. The van der Waals surface area contributed by atoms with Gasteiger partial charge in [-0.25, -0.2) is 15.0 Å². The summed E-state index contributed by atoms with van der Waals surface area (Å²) in [6, 6.07) is 61.1. The molecule has 0 atom stereocenters. The molecule has 0 fully saturated rings. The molecule has 51 heavy (non-hydrogen) atoms. The van der Waals surface area contributed by atoms with Gasteiger partial charge in [0.2, 0.25) is 0 Å². The zero-order valence-electron chi connectivity index (χ0n) is 27.5. The summed E-state index contributed by atoms with van der Waals surface area (Å²) in [6.07, 6.45) is 0. The molecule has 10 rings (SSSR count). The van der Waals surface area contributed by atoms with Crippen molar-refractivity contribution in [3.05, 3.63) is 176 Å². The molecule has 0 amide bonds. The molecule has 8 aromatic carbocycles. The summed E-state index contributed by atoms with van der Waals surface area (Å²) in [5.74, 6) is 1.77. The van der Waals surface area contributed by atoms with Gasteiger partial charge in [0.25, 0.3) is 0 Å². The lowest BCUT2D eigenvalue weighted by atomic mass is 9.96. The minimum absolute atomic E-state index is 0.561. The second-order valence-electron chi connectivity index (χ2n) is 12.8. The predicted octanol–water partition coefficient (Wildman–Crippen LogP) is 12.4. The number of rotatable bonds is 5. The molecule has 0 N–H and O–H groups in total. The first-order valence-electron chi connectivity index (χ1n) is 17.1. The molecule has 238 valence electrons. The van der Waals surface area contributed by atoms with Gasteiger partial charge in [0.1, 0.15) is 11.2 Å². The zero-order chi connectivity index (χ0) is 33.7. The summed E-state index contributed by atoms with van der Waals surface area (Å²) in [7, 11) is 0. The molecule has 2 heterocycles. The lowest BCUT2D eigenvalue weighted by Crippen LogP contribution is -2.00. The number of nitrogens with zero attached hydrogens (tertiary/aromatic N) is 3. The highest BCUT2D eigenvalue weighted by atomic mass is 16.3. The molecular formula is C47H29N3O. The van der Waals surface area contributed by atoms with Gasteiger partial charge in [-0.1, -0.05) is 152 Å². The highest BCUT2D eigenvalue weighted by Gasteiger charge is 2.21. The SMILES string of the molecule is c1ccc(-c2nc(-c3ccc(-c4ccc5ccccc5c4)cc3)nc(-c3ccc(-c4ccccc4)c4c3oc3cc5ccccc5cc34)n2)cc1. The average molecular weight is 652 g/mol. The monoisotopic (exact) mass is 651 g/mol. The van der Waals surface area contributed by atoms with E-state index in [1.807, 2.05) is 36.4 Å². The van der Waals surface area contributed by atoms with Crippen LogP contribution < -0.4 is 0 Å². The molecular weight excluding hydrogens is 623 g/mol. The fourth-order valence-corrected chi connectivity index (χ4v) is 7.12. The van der Waals surface area contributed by atoms with E-state index in [1.54, 1.807) is 0 Å². The molecule has 2 aromatic heterocycles. The molecule has 4 heteroatoms. The predicted molar refractivity (Wildman–Crippen MR) is 209 cm³/mol. The number of fused-ring (bicyclic) bond motifs is 5. The van der Waals surface area contributed by atoms with E-state index < -0.39 is 0 Å². The third-order valence-corrected chi connectivity index (χ3v) is 9.71. The van der Waals surface area contributed by atoms with Crippen molar-refractivity contribution in [3.8, 4) is 56.4 Å². The van der Waals surface area contributed by atoms with Gasteiger partial charge >= 0.3 is 0 Å². The molecule has 0 aliphatic heterocycles. The van der Waals surface area contributed by atoms with Crippen LogP contribution in [0, 0.1) is 0 Å². The van der Waals surface area contributed by atoms with Crippen molar-refractivity contribution in [1.82, 2.24) is 15.0 Å². The van der Waals surface area contributed by atoms with Crippen LogP contribution in [-0.4, -0.2) is 15.0 Å². The van der Waals surface area contributed by atoms with Crippen molar-refractivity contribution in [2.75, 3.05) is 0 Å². The standard InChI is InChI=1S/C47H29N3O/c1-3-12-32(13-4-1)39-25-26-40(44-43(39)41-28-36-17-9-10-18-37(36)29-42(41)51-44)47-49-45(33-14-5-2-6-15-33)48-46(50-47)34-22-19-31(20-23-34)38-24-21-30-11-7-8-16-35(30)27-38/h1-29H. The summed E-state index contributed by atoms with van der Waals surface area (Å²) >= 11 is 0. The van der Waals surface area contributed by atoms with E-state index in [2.05, 4.69) is 140 Å². The number of aromatic nitrogens is 3. The van der Waals surface area contributed by atoms with Gasteiger partial charge in [-0.3, -0.25) is 0 Å². The minimum Gasteiger partial charge on any atom is -0.455 e. The van der Waals surface area contributed by atoms with E-state index in [0.717, 1.165) is 66.1 Å². The lowest BCUT2D eigenvalue weighted by molar-refractivity contribution is 0.670. The van der Waals surface area contributed by atoms with E-state index in [1.165, 1.54) is 16.3 Å². The fourth-order valence-electron chi connectivity index (χ4n) is 7.12. The maximum absolute atomic E-state index is 6.79. The van der Waals surface area contributed by atoms with Gasteiger partial charge in [-0.15, -0.1) is 0 Å². The lowest BCUT2D eigenvalue weighted by Gasteiger charge is -2.11. The Kier molecular flexibility index (Phi) is 6.78. The zero-order valence-corrected chi connectivity index (χ0v) is 27.5. The summed E-state index contributed by atoms with van der Waals surface area (Å²) in [5.41, 5.74) is 8.76. The molecule has 0 saturated heterocycles. The average Bonchev–Trinajstić information content (AvgIpc) is 3.58. The van der Waals surface area contributed by atoms with Gasteiger partial charge in [-0.05, 0) is 68.1 Å². The molecule has 0 saturated carbocycles. The van der Waals surface area contributed by atoms with Crippen LogP contribution in [0.4, 0.5) is 0 Å². The Hall–Kier alpha value is -6.91. The Morgan fingerprint density at radius 3 is 1.55 bits per heavy atom. The maximum Gasteiger partial charge on any atom is 0.167 e. The number of furan rings is 1. The van der Waals surface area contributed by atoms with E-state index >= 15 is 0 Å². The second-order valence-corrected chi connectivity index (χ2v) is 12.8. The van der Waals surface area contributed by atoms with E-state index in [0.29, 0.717) is 17.5 Å². The van der Waals surface area contributed by atoms with Crippen molar-refractivity contribution in [3.63, 3.8) is 0 Å². The smallest absolute Gasteiger partial charge is 0.167 e. The molecule has 0 bridgehead atoms. The van der Waals surface area contributed by atoms with Crippen molar-refractivity contribution in [2.24, 2.45) is 0 Å². The Labute approximate surface area is 294 Å². The van der Waals surface area contributed by atoms with Crippen LogP contribution in [0.15, 0.2) is 180 Å². The minimum atomic E-state index is 0.561. The number of benzene rings is 8. The van der Waals surface area contributed by atoms with Crippen molar-refractivity contribution < 1.29 is 4.42 Å². The van der Waals surface area contributed by atoms with Crippen LogP contribution in [0.2, 0.25) is 0 Å². The third-order valence-electron chi connectivity index (χ3n) is 9.71. The normalized spacial score (nSPS) is 11.5. The maximum atomic E-state index is 6.79. The van der Waals surface area contributed by atoms with Crippen molar-refractivity contribution in [1.29, 1.82) is 0 Å². The highest BCUT2D eigenvalue weighted by Crippen LogP contribution is 2.42. The molecule has 4 nitrogen and oxygen atoms in total. The molecule has 10 aromatic rings. The van der Waals surface area contributed by atoms with E-state index in [4.69, 9.17) is 19.4 Å². The second kappa shape index (κ2) is 11.9.